The highest BCUT2D eigenvalue weighted by Crippen LogP contribution is 2.26. The topological polar surface area (TPSA) is 78.4 Å². The number of carbonyl (C=O) groups is 2. The summed E-state index contributed by atoms with van der Waals surface area (Å²) in [6.45, 7) is 0.546. The normalized spacial score (nSPS) is 13.7. The fourth-order valence-electron chi connectivity index (χ4n) is 2.29. The number of hydrogen-bond acceptors (Lipinski definition) is 2. The third-order valence-electron chi connectivity index (χ3n) is 3.35. The Morgan fingerprint density at radius 2 is 2.14 bits per heavy atom. The first kappa shape index (κ1) is 15.6. The van der Waals surface area contributed by atoms with Crippen molar-refractivity contribution in [3.05, 3.63) is 39.9 Å². The molecule has 1 aromatic rings. The van der Waals surface area contributed by atoms with Gasteiger partial charge >= 0.3 is 12.0 Å². The van der Waals surface area contributed by atoms with Crippen molar-refractivity contribution in [1.82, 2.24) is 5.32 Å². The number of para-hydroxylation sites is 1. The summed E-state index contributed by atoms with van der Waals surface area (Å²) < 4.78 is 0.538. The van der Waals surface area contributed by atoms with Crippen LogP contribution in [0.2, 0.25) is 0 Å². The number of aromatic carboxylic acids is 1. The first-order chi connectivity index (χ1) is 10.1. The maximum Gasteiger partial charge on any atom is 0.337 e. The molecule has 0 aliphatic heterocycles. The van der Waals surface area contributed by atoms with Crippen LogP contribution in [0.25, 0.3) is 0 Å². The lowest BCUT2D eigenvalue weighted by molar-refractivity contribution is 0.0698. The molecule has 0 spiro atoms. The van der Waals surface area contributed by atoms with E-state index < -0.39 is 12.0 Å². The number of carboxylic acid groups (broad SMARTS) is 1. The van der Waals surface area contributed by atoms with Crippen LogP contribution in [0.3, 0.4) is 0 Å². The molecule has 1 aromatic carbocycles. The van der Waals surface area contributed by atoms with E-state index in [0.29, 0.717) is 11.0 Å². The molecule has 5 nitrogen and oxygen atoms in total. The van der Waals surface area contributed by atoms with Gasteiger partial charge in [0.25, 0.3) is 0 Å². The van der Waals surface area contributed by atoms with Crippen LogP contribution >= 0.6 is 15.9 Å². The molecule has 0 atom stereocenters. The van der Waals surface area contributed by atoms with Crippen molar-refractivity contribution in [2.45, 2.75) is 25.7 Å². The Bertz CT molecular complexity index is 584. The van der Waals surface area contributed by atoms with Crippen molar-refractivity contribution in [1.29, 1.82) is 0 Å². The standard InChI is InChI=1S/C15H17BrN2O3/c16-12-7-3-6-11(14(19)20)13(12)18-15(21)17-9-8-10-4-1-2-5-10/h3-4,6-7H,1-2,5,8-9H2,(H,19,20)(H2,17,18,21). The highest BCUT2D eigenvalue weighted by Gasteiger charge is 2.15. The molecular formula is C15H17BrN2O3. The predicted octanol–water partition coefficient (Wildman–Crippen LogP) is 3.77. The van der Waals surface area contributed by atoms with Crippen LogP contribution < -0.4 is 10.6 Å². The maximum absolute atomic E-state index is 11.9. The van der Waals surface area contributed by atoms with Crippen LogP contribution in [0.4, 0.5) is 10.5 Å². The molecule has 21 heavy (non-hydrogen) atoms. The number of anilines is 1. The van der Waals surface area contributed by atoms with Crippen molar-refractivity contribution in [2.75, 3.05) is 11.9 Å². The number of hydrogen-bond donors (Lipinski definition) is 3. The maximum atomic E-state index is 11.9. The van der Waals surface area contributed by atoms with Crippen LogP contribution in [0.1, 0.15) is 36.0 Å². The van der Waals surface area contributed by atoms with Crippen molar-refractivity contribution in [3.63, 3.8) is 0 Å². The van der Waals surface area contributed by atoms with E-state index in [4.69, 9.17) is 5.11 Å². The molecule has 0 radical (unpaired) electrons. The summed E-state index contributed by atoms with van der Waals surface area (Å²) in [5.41, 5.74) is 1.70. The first-order valence-corrected chi connectivity index (χ1v) is 7.62. The molecule has 3 N–H and O–H groups in total. The van der Waals surface area contributed by atoms with E-state index in [1.54, 1.807) is 12.1 Å². The van der Waals surface area contributed by atoms with Crippen LogP contribution in [0.15, 0.2) is 34.3 Å². The summed E-state index contributed by atoms with van der Waals surface area (Å²) in [5.74, 6) is -1.08. The Morgan fingerprint density at radius 3 is 2.81 bits per heavy atom. The molecule has 0 unspecified atom stereocenters. The second-order valence-corrected chi connectivity index (χ2v) is 5.71. The summed E-state index contributed by atoms with van der Waals surface area (Å²) in [6.07, 6.45) is 6.49. The quantitative estimate of drug-likeness (QED) is 0.705. The van der Waals surface area contributed by atoms with E-state index >= 15 is 0 Å². The Balaban J connectivity index is 1.91. The molecule has 0 saturated heterocycles. The minimum atomic E-state index is -1.08. The number of benzene rings is 1. The summed E-state index contributed by atoms with van der Waals surface area (Å²) in [6, 6.07) is 4.35. The third kappa shape index (κ3) is 4.32. The SMILES string of the molecule is O=C(NCCC1=CCCC1)Nc1c(Br)cccc1C(=O)O. The van der Waals surface area contributed by atoms with Gasteiger partial charge < -0.3 is 15.7 Å². The molecule has 112 valence electrons. The minimum Gasteiger partial charge on any atom is -0.478 e. The number of amides is 2. The smallest absolute Gasteiger partial charge is 0.337 e. The zero-order valence-corrected chi connectivity index (χ0v) is 13.1. The summed E-state index contributed by atoms with van der Waals surface area (Å²) in [7, 11) is 0. The zero-order chi connectivity index (χ0) is 15.2. The summed E-state index contributed by atoms with van der Waals surface area (Å²) in [4.78, 5) is 23.0. The van der Waals surface area contributed by atoms with Gasteiger partial charge in [0.2, 0.25) is 0 Å². The van der Waals surface area contributed by atoms with Gasteiger partial charge in [-0.1, -0.05) is 17.7 Å². The van der Waals surface area contributed by atoms with Crippen LogP contribution in [0.5, 0.6) is 0 Å². The van der Waals surface area contributed by atoms with Gasteiger partial charge in [-0.25, -0.2) is 9.59 Å². The predicted molar refractivity (Wildman–Crippen MR) is 84.7 cm³/mol. The Kier molecular flexibility index (Phi) is 5.38. The van der Waals surface area contributed by atoms with Gasteiger partial charge in [0, 0.05) is 11.0 Å². The van der Waals surface area contributed by atoms with Gasteiger partial charge in [0.15, 0.2) is 0 Å². The van der Waals surface area contributed by atoms with Gasteiger partial charge in [-0.15, -0.1) is 0 Å². The molecule has 0 aromatic heterocycles. The summed E-state index contributed by atoms with van der Waals surface area (Å²) in [5, 5.41) is 14.5. The number of nitrogens with one attached hydrogen (secondary N) is 2. The average Bonchev–Trinajstić information content (AvgIpc) is 2.94. The first-order valence-electron chi connectivity index (χ1n) is 6.82. The Labute approximate surface area is 131 Å². The fourth-order valence-corrected chi connectivity index (χ4v) is 2.75. The van der Waals surface area contributed by atoms with Gasteiger partial charge in [-0.3, -0.25) is 0 Å². The Morgan fingerprint density at radius 1 is 1.33 bits per heavy atom. The lowest BCUT2D eigenvalue weighted by Crippen LogP contribution is -2.30. The molecule has 2 rings (SSSR count). The van der Waals surface area contributed by atoms with E-state index in [0.717, 1.165) is 19.3 Å². The number of urea groups is 1. The molecule has 6 heteroatoms. The largest absolute Gasteiger partial charge is 0.478 e. The van der Waals surface area contributed by atoms with Crippen LogP contribution in [-0.4, -0.2) is 23.7 Å². The van der Waals surface area contributed by atoms with E-state index in [1.165, 1.54) is 18.1 Å². The van der Waals surface area contributed by atoms with Gasteiger partial charge in [-0.2, -0.15) is 0 Å². The van der Waals surface area contributed by atoms with E-state index in [2.05, 4.69) is 32.6 Å². The monoisotopic (exact) mass is 352 g/mol. The number of rotatable bonds is 5. The molecule has 2 amide bonds. The lowest BCUT2D eigenvalue weighted by Gasteiger charge is -2.11. The fraction of sp³-hybridized carbons (Fsp3) is 0.333. The van der Waals surface area contributed by atoms with Crippen LogP contribution in [0, 0.1) is 0 Å². The van der Waals surface area contributed by atoms with Crippen molar-refractivity contribution in [3.8, 4) is 0 Å². The van der Waals surface area contributed by atoms with Gasteiger partial charge in [-0.05, 0) is 53.7 Å². The van der Waals surface area contributed by atoms with Gasteiger partial charge in [0.1, 0.15) is 0 Å². The third-order valence-corrected chi connectivity index (χ3v) is 4.01. The molecule has 1 aliphatic rings. The second kappa shape index (κ2) is 7.26. The molecule has 0 saturated carbocycles. The number of halogens is 1. The Hall–Kier alpha value is -1.82. The molecule has 0 bridgehead atoms. The van der Waals surface area contributed by atoms with Crippen molar-refractivity contribution in [2.24, 2.45) is 0 Å². The van der Waals surface area contributed by atoms with E-state index in [-0.39, 0.29) is 11.3 Å². The lowest BCUT2D eigenvalue weighted by atomic mass is 10.1. The van der Waals surface area contributed by atoms with Crippen molar-refractivity contribution >= 4 is 33.6 Å². The molecule has 0 fully saturated rings. The minimum absolute atomic E-state index is 0.0537. The zero-order valence-electron chi connectivity index (χ0n) is 11.5. The highest BCUT2D eigenvalue weighted by atomic mass is 79.9. The molecule has 0 heterocycles. The summed E-state index contributed by atoms with van der Waals surface area (Å²) >= 11 is 3.25. The number of carboxylic acids is 1. The molecular weight excluding hydrogens is 336 g/mol. The number of carbonyl (C=O) groups excluding carboxylic acids is 1. The van der Waals surface area contributed by atoms with Crippen molar-refractivity contribution < 1.29 is 14.7 Å². The van der Waals surface area contributed by atoms with E-state index in [9.17, 15) is 9.59 Å². The average molecular weight is 353 g/mol. The highest BCUT2D eigenvalue weighted by molar-refractivity contribution is 9.10. The van der Waals surface area contributed by atoms with Gasteiger partial charge in [0.05, 0.1) is 11.3 Å². The second-order valence-electron chi connectivity index (χ2n) is 4.85. The van der Waals surface area contributed by atoms with Crippen LogP contribution in [-0.2, 0) is 0 Å². The van der Waals surface area contributed by atoms with E-state index in [1.807, 2.05) is 0 Å². The number of allylic oxidation sites excluding steroid dienone is 1. The molecule has 1 aliphatic carbocycles.